The number of aliphatic carboxylic acids is 1. The fourth-order valence-electron chi connectivity index (χ4n) is 7.29. The summed E-state index contributed by atoms with van der Waals surface area (Å²) < 4.78 is 103. The number of hydrogen-bond donors (Lipinski definition) is 6. The zero-order valence-electron chi connectivity index (χ0n) is 47.8. The van der Waals surface area contributed by atoms with E-state index in [2.05, 4.69) is 34.5 Å². The van der Waals surface area contributed by atoms with Crippen molar-refractivity contribution in [3.05, 3.63) is 68.3 Å². The highest BCUT2D eigenvalue weighted by Gasteiger charge is 2.31. The van der Waals surface area contributed by atoms with Crippen LogP contribution in [-0.4, -0.2) is 159 Å². The van der Waals surface area contributed by atoms with Crippen molar-refractivity contribution in [2.75, 3.05) is 99.0 Å². The normalized spacial score (nSPS) is 11.6. The maximum Gasteiger partial charge on any atom is 0.329 e. The van der Waals surface area contributed by atoms with Crippen LogP contribution in [-0.2, 0) is 39.6 Å². The molecular weight excluding hydrogens is 1100 g/mol. The van der Waals surface area contributed by atoms with Gasteiger partial charge in [-0.2, -0.15) is 8.61 Å². The number of nitrogens with one attached hydrogen (secondary N) is 1. The van der Waals surface area contributed by atoms with Gasteiger partial charge in [-0.3, -0.25) is 0 Å². The number of aryl methyl sites for hydroxylation is 3. The zero-order chi connectivity index (χ0) is 58.8. The Morgan fingerprint density at radius 1 is 0.587 bits per heavy atom. The van der Waals surface area contributed by atoms with Gasteiger partial charge in [-0.25, -0.2) is 34.8 Å². The smallest absolute Gasteiger partial charge is 0.329 e. The van der Waals surface area contributed by atoms with Crippen molar-refractivity contribution in [1.29, 1.82) is 0 Å². The summed E-state index contributed by atoms with van der Waals surface area (Å²) in [4.78, 5) is 11.4. The molecule has 0 saturated heterocycles. The lowest BCUT2D eigenvalue weighted by molar-refractivity contribution is -0.142. The van der Waals surface area contributed by atoms with E-state index in [-0.39, 0.29) is 67.7 Å². The Morgan fingerprint density at radius 2 is 0.920 bits per heavy atom. The number of carboxylic acids is 1. The number of methoxy groups -OCH3 is 3. The number of carbonyl (C=O) groups is 1. The highest BCUT2D eigenvalue weighted by atomic mass is 79.9. The lowest BCUT2D eigenvalue weighted by atomic mass is 10.1. The summed E-state index contributed by atoms with van der Waals surface area (Å²) in [6.07, 6.45) is 0. The largest absolute Gasteiger partial charge is 0.496 e. The summed E-state index contributed by atoms with van der Waals surface area (Å²) in [6, 6.07) is 5.18. The first-order chi connectivity index (χ1) is 34.7. The Labute approximate surface area is 458 Å². The van der Waals surface area contributed by atoms with Crippen LogP contribution in [0.3, 0.4) is 0 Å². The number of aliphatic hydroxyl groups excluding tert-OH is 3. The molecule has 0 heterocycles. The first-order valence-electron chi connectivity index (χ1n) is 24.5. The van der Waals surface area contributed by atoms with Gasteiger partial charge in [0.2, 0.25) is 30.1 Å². The second kappa shape index (κ2) is 35.9. The molecule has 19 nitrogen and oxygen atoms in total. The number of halogens is 1. The number of ether oxygens (including phenoxy) is 4. The molecule has 0 aliphatic heterocycles. The van der Waals surface area contributed by atoms with Crippen molar-refractivity contribution in [2.24, 2.45) is 23.5 Å². The molecule has 75 heavy (non-hydrogen) atoms. The van der Waals surface area contributed by atoms with Gasteiger partial charge in [0.15, 0.2) is 0 Å². The minimum atomic E-state index is -3.76. The van der Waals surface area contributed by atoms with E-state index < -0.39 is 42.6 Å². The molecule has 3 aromatic rings. The predicted octanol–water partition coefficient (Wildman–Crippen LogP) is 6.49. The van der Waals surface area contributed by atoms with Gasteiger partial charge in [-0.05, 0) is 148 Å². The van der Waals surface area contributed by atoms with Gasteiger partial charge >= 0.3 is 5.97 Å². The van der Waals surface area contributed by atoms with Crippen LogP contribution >= 0.6 is 15.9 Å². The molecular formula is C52H91BrN4O15S3. The molecule has 0 aliphatic rings. The summed E-state index contributed by atoms with van der Waals surface area (Å²) >= 11 is 3.31. The molecule has 0 fully saturated rings. The fourth-order valence-corrected chi connectivity index (χ4v) is 13.0. The van der Waals surface area contributed by atoms with Crippen molar-refractivity contribution >= 4 is 52.0 Å². The lowest BCUT2D eigenvalue weighted by Gasteiger charge is -2.26. The Kier molecular flexibility index (Phi) is 35.2. The molecule has 0 aliphatic carbocycles. The molecule has 3 rings (SSSR count). The number of alkyl halides is 1. The number of carboxylic acid groups (broad SMARTS) is 1. The SMILES string of the molecule is CC(C)CBr.COc1cc(C)c(S(=O)(=O)N(CCO)CC(C)C)c(C)c1C.COc1cc(C)c(S(=O)(=O)N(CCOCC(=O)O)CC(C)C)c(C)c1C.COc1cc(C)c(S(=O)(=O)NCCO)c(C)c1C.NCCO. The molecule has 0 amide bonds. The van der Waals surface area contributed by atoms with Crippen molar-refractivity contribution in [3.63, 3.8) is 0 Å². The maximum atomic E-state index is 13.3. The van der Waals surface area contributed by atoms with Crippen LogP contribution in [0.4, 0.5) is 0 Å². The fraction of sp³-hybridized carbons (Fsp3) is 0.635. The monoisotopic (exact) mass is 1190 g/mol. The molecule has 0 unspecified atom stereocenters. The first-order valence-corrected chi connectivity index (χ1v) is 30.0. The molecule has 0 spiro atoms. The maximum absolute atomic E-state index is 13.3. The van der Waals surface area contributed by atoms with Gasteiger partial charge < -0.3 is 45.1 Å². The number of benzene rings is 3. The third-order valence-corrected chi connectivity index (χ3v) is 18.5. The van der Waals surface area contributed by atoms with Crippen molar-refractivity contribution in [3.8, 4) is 17.2 Å². The third-order valence-electron chi connectivity index (χ3n) is 11.1. The van der Waals surface area contributed by atoms with E-state index in [1.807, 2.05) is 48.5 Å². The lowest BCUT2D eigenvalue weighted by Crippen LogP contribution is -2.37. The molecule has 0 radical (unpaired) electrons. The molecule has 7 N–H and O–H groups in total. The van der Waals surface area contributed by atoms with Crippen LogP contribution in [0.2, 0.25) is 0 Å². The van der Waals surface area contributed by atoms with Crippen LogP contribution in [0.25, 0.3) is 0 Å². The highest BCUT2D eigenvalue weighted by molar-refractivity contribution is 9.09. The highest BCUT2D eigenvalue weighted by Crippen LogP contribution is 2.34. The van der Waals surface area contributed by atoms with Gasteiger partial charge in [0.1, 0.15) is 23.9 Å². The van der Waals surface area contributed by atoms with E-state index in [0.717, 1.165) is 27.9 Å². The van der Waals surface area contributed by atoms with E-state index in [1.54, 1.807) is 81.1 Å². The minimum Gasteiger partial charge on any atom is -0.496 e. The van der Waals surface area contributed by atoms with E-state index >= 15 is 0 Å². The Hall–Kier alpha value is -3.46. The molecule has 3 aromatic carbocycles. The molecule has 0 saturated carbocycles. The van der Waals surface area contributed by atoms with Gasteiger partial charge in [0, 0.05) is 44.6 Å². The topological polar surface area (TPSA) is 282 Å². The van der Waals surface area contributed by atoms with Crippen molar-refractivity contribution in [1.82, 2.24) is 13.3 Å². The van der Waals surface area contributed by atoms with Gasteiger partial charge in [0.25, 0.3) is 0 Å². The standard InChI is InChI=1S/C18H29NO6S.C16H27NO4S.C12H19NO4S.C4H9Br.C2H7NO/c1-12(2)10-19(7-8-25-11-17(20)21)26(22,23)18-13(3)9-16(24-6)14(4)15(18)5;1-11(2)10-17(7-8-18)22(19,20)16-12(3)9-15(21-6)13(4)14(16)5;1-8-7-11(17-4)9(2)10(3)12(8)18(15,16)13-5-6-14;1-4(2)3-5;3-1-2-4/h9,12H,7-8,10-11H2,1-6H3,(H,20,21);9,11,18H,7-8,10H2,1-6H3;7,13-14H,5-6H2,1-4H3;4H,3H2,1-2H3;4H,1-3H2. The Balaban J connectivity index is 0. The summed E-state index contributed by atoms with van der Waals surface area (Å²) in [7, 11) is -6.32. The van der Waals surface area contributed by atoms with Gasteiger partial charge in [0.05, 0.1) is 62.4 Å². The number of rotatable bonds is 24. The Bertz CT molecular complexity index is 2560. The first kappa shape index (κ1) is 73.6. The number of aliphatic hydroxyl groups is 3. The van der Waals surface area contributed by atoms with E-state index in [1.165, 1.54) is 8.61 Å². The quantitative estimate of drug-likeness (QED) is 0.0413. The average molecular weight is 1190 g/mol. The van der Waals surface area contributed by atoms with Crippen LogP contribution in [0, 0.1) is 80.1 Å². The van der Waals surface area contributed by atoms with Crippen LogP contribution in [0.5, 0.6) is 17.2 Å². The molecule has 434 valence electrons. The van der Waals surface area contributed by atoms with Crippen molar-refractivity contribution in [2.45, 2.75) is 119 Å². The van der Waals surface area contributed by atoms with E-state index in [9.17, 15) is 35.2 Å². The Morgan fingerprint density at radius 3 is 1.20 bits per heavy atom. The summed E-state index contributed by atoms with van der Waals surface area (Å²) in [5.41, 5.74) is 11.1. The predicted molar refractivity (Wildman–Crippen MR) is 301 cm³/mol. The summed E-state index contributed by atoms with van der Waals surface area (Å²) in [5.74, 6) is 2.03. The molecule has 0 bridgehead atoms. The third kappa shape index (κ3) is 23.6. The van der Waals surface area contributed by atoms with Gasteiger partial charge in [-0.1, -0.05) is 57.5 Å². The number of hydrogen-bond acceptors (Lipinski definition) is 15. The van der Waals surface area contributed by atoms with Crippen LogP contribution in [0.1, 0.15) is 91.6 Å². The molecule has 23 heteroatoms. The number of nitrogens with two attached hydrogens (primary N) is 1. The zero-order valence-corrected chi connectivity index (χ0v) is 51.8. The molecule has 0 aromatic heterocycles. The second-order valence-electron chi connectivity index (χ2n) is 18.8. The van der Waals surface area contributed by atoms with Crippen LogP contribution in [0.15, 0.2) is 32.9 Å². The van der Waals surface area contributed by atoms with Crippen molar-refractivity contribution < 1.29 is 69.4 Å². The second-order valence-corrected chi connectivity index (χ2v) is 24.9. The molecule has 0 atom stereocenters. The average Bonchev–Trinajstić information content (AvgIpc) is 3.32. The minimum absolute atomic E-state index is 0.00624. The number of sulfonamides is 3. The number of nitrogens with zero attached hydrogens (tertiary/aromatic N) is 2. The van der Waals surface area contributed by atoms with Gasteiger partial charge in [-0.15, -0.1) is 0 Å². The van der Waals surface area contributed by atoms with E-state index in [4.69, 9.17) is 40.0 Å². The summed E-state index contributed by atoms with van der Waals surface area (Å²) in [5, 5.41) is 35.4. The van der Waals surface area contributed by atoms with E-state index in [0.29, 0.717) is 75.2 Å². The summed E-state index contributed by atoms with van der Waals surface area (Å²) in [6.45, 7) is 28.7. The van der Waals surface area contributed by atoms with Crippen LogP contribution < -0.4 is 24.7 Å².